The Kier molecular flexibility index (Phi) is 5.44. The molecule has 1 aromatic heterocycles. The Hall–Kier alpha value is -2.44. The fourth-order valence-corrected chi connectivity index (χ4v) is 5.14. The molecule has 2 aliphatic rings. The lowest BCUT2D eigenvalue weighted by atomic mass is 9.83. The highest BCUT2D eigenvalue weighted by Gasteiger charge is 2.33. The molecule has 1 unspecified atom stereocenters. The zero-order valence-corrected chi connectivity index (χ0v) is 18.8. The van der Waals surface area contributed by atoms with Gasteiger partial charge in [0.15, 0.2) is 0 Å². The van der Waals surface area contributed by atoms with E-state index >= 15 is 0 Å². The van der Waals surface area contributed by atoms with E-state index in [4.69, 9.17) is 0 Å². The van der Waals surface area contributed by atoms with Gasteiger partial charge in [-0.3, -0.25) is 0 Å². The number of allylic oxidation sites excluding steroid dienone is 2. The maximum absolute atomic E-state index is 4.56. The minimum atomic E-state index is 0.0947. The second kappa shape index (κ2) is 8.36. The molecule has 1 aliphatic heterocycles. The van der Waals surface area contributed by atoms with Crippen molar-refractivity contribution in [2.45, 2.75) is 35.1 Å². The number of thioether (sulfide) groups is 2. The van der Waals surface area contributed by atoms with E-state index in [1.807, 2.05) is 4.68 Å². The highest BCUT2D eigenvalue weighted by molar-refractivity contribution is 7.98. The molecule has 0 spiro atoms. The Morgan fingerprint density at radius 3 is 2.37 bits per heavy atom. The summed E-state index contributed by atoms with van der Waals surface area (Å²) in [6.07, 6.45) is 11.5. The van der Waals surface area contributed by atoms with Crippen molar-refractivity contribution in [3.8, 4) is 0 Å². The Balaban J connectivity index is 1.58. The van der Waals surface area contributed by atoms with Crippen LogP contribution in [0.15, 0.2) is 81.5 Å². The van der Waals surface area contributed by atoms with Gasteiger partial charge in [-0.1, -0.05) is 24.3 Å². The molecule has 0 radical (unpaired) electrons. The lowest BCUT2D eigenvalue weighted by Crippen LogP contribution is -2.28. The Bertz CT molecular complexity index is 1110. The van der Waals surface area contributed by atoms with Crippen LogP contribution in [-0.4, -0.2) is 27.3 Å². The number of fused-ring (bicyclic) bond motifs is 1. The first-order valence-corrected chi connectivity index (χ1v) is 12.6. The molecule has 3 aromatic rings. The maximum atomic E-state index is 4.56. The molecule has 152 valence electrons. The molecule has 0 bridgehead atoms. The lowest BCUT2D eigenvalue weighted by molar-refractivity contribution is 0.538. The van der Waals surface area contributed by atoms with E-state index in [0.717, 1.165) is 25.2 Å². The SMILES string of the molecule is CSc1ccc(/C=C2\CCCC3=C2Nc2ncnn2C3c2ccc(SC)cc2)cc1. The molecule has 4 nitrogen and oxygen atoms in total. The summed E-state index contributed by atoms with van der Waals surface area (Å²) in [7, 11) is 0. The van der Waals surface area contributed by atoms with Crippen LogP contribution in [0, 0.1) is 0 Å². The number of hydrogen-bond acceptors (Lipinski definition) is 5. The van der Waals surface area contributed by atoms with Gasteiger partial charge in [-0.05, 0) is 84.4 Å². The van der Waals surface area contributed by atoms with Gasteiger partial charge in [0.05, 0.1) is 0 Å². The smallest absolute Gasteiger partial charge is 0.226 e. The van der Waals surface area contributed by atoms with Crippen LogP contribution >= 0.6 is 23.5 Å². The van der Waals surface area contributed by atoms with E-state index in [-0.39, 0.29) is 6.04 Å². The van der Waals surface area contributed by atoms with Crippen LogP contribution < -0.4 is 5.32 Å². The molecule has 0 fully saturated rings. The normalized spacial score (nSPS) is 19.4. The Morgan fingerprint density at radius 1 is 0.967 bits per heavy atom. The van der Waals surface area contributed by atoms with Gasteiger partial charge in [0.25, 0.3) is 0 Å². The summed E-state index contributed by atoms with van der Waals surface area (Å²) in [5, 5.41) is 8.14. The number of benzene rings is 2. The summed E-state index contributed by atoms with van der Waals surface area (Å²) in [5.74, 6) is 0.818. The number of hydrogen-bond donors (Lipinski definition) is 1. The summed E-state index contributed by atoms with van der Waals surface area (Å²) < 4.78 is 2.03. The monoisotopic (exact) mass is 432 g/mol. The van der Waals surface area contributed by atoms with Gasteiger partial charge in [-0.2, -0.15) is 10.1 Å². The molecule has 0 saturated carbocycles. The minimum absolute atomic E-state index is 0.0947. The molecule has 5 rings (SSSR count). The number of anilines is 1. The van der Waals surface area contributed by atoms with Gasteiger partial charge in [0.2, 0.25) is 5.95 Å². The van der Waals surface area contributed by atoms with E-state index in [1.54, 1.807) is 29.9 Å². The van der Waals surface area contributed by atoms with Crippen molar-refractivity contribution in [2.24, 2.45) is 0 Å². The van der Waals surface area contributed by atoms with E-state index in [0.29, 0.717) is 0 Å². The predicted octanol–water partition coefficient (Wildman–Crippen LogP) is 6.26. The summed E-state index contributed by atoms with van der Waals surface area (Å²) in [6.45, 7) is 0. The average Bonchev–Trinajstić information content (AvgIpc) is 3.27. The number of aromatic nitrogens is 3. The van der Waals surface area contributed by atoms with Crippen molar-refractivity contribution in [1.82, 2.24) is 14.8 Å². The van der Waals surface area contributed by atoms with Crippen LogP contribution in [0.1, 0.15) is 36.4 Å². The van der Waals surface area contributed by atoms with E-state index < -0.39 is 0 Å². The van der Waals surface area contributed by atoms with Gasteiger partial charge in [-0.15, -0.1) is 23.5 Å². The van der Waals surface area contributed by atoms with Crippen molar-refractivity contribution in [3.63, 3.8) is 0 Å². The van der Waals surface area contributed by atoms with Crippen LogP contribution in [0.5, 0.6) is 0 Å². The van der Waals surface area contributed by atoms with E-state index in [1.165, 1.54) is 37.8 Å². The van der Waals surface area contributed by atoms with Gasteiger partial charge in [0, 0.05) is 15.5 Å². The molecule has 1 atom stereocenters. The van der Waals surface area contributed by atoms with Crippen molar-refractivity contribution in [1.29, 1.82) is 0 Å². The topological polar surface area (TPSA) is 42.7 Å². The van der Waals surface area contributed by atoms with Crippen molar-refractivity contribution in [3.05, 3.63) is 82.8 Å². The zero-order chi connectivity index (χ0) is 20.5. The van der Waals surface area contributed by atoms with Crippen molar-refractivity contribution in [2.75, 3.05) is 17.8 Å². The minimum Gasteiger partial charge on any atom is -0.324 e. The molecular formula is C24H24N4S2. The predicted molar refractivity (Wildman–Crippen MR) is 127 cm³/mol. The molecule has 1 N–H and O–H groups in total. The summed E-state index contributed by atoms with van der Waals surface area (Å²) >= 11 is 3.54. The average molecular weight is 433 g/mol. The second-order valence-electron chi connectivity index (χ2n) is 7.53. The quantitative estimate of drug-likeness (QED) is 0.493. The fraction of sp³-hybridized carbons (Fsp3) is 0.250. The third kappa shape index (κ3) is 3.59. The summed E-state index contributed by atoms with van der Waals surface area (Å²) in [6, 6.07) is 17.8. The van der Waals surface area contributed by atoms with Crippen LogP contribution in [0.3, 0.4) is 0 Å². The van der Waals surface area contributed by atoms with Gasteiger partial charge in [-0.25, -0.2) is 4.68 Å². The standard InChI is InChI=1S/C24H24N4S2/c1-29-19-10-6-16(7-11-19)14-18-4-3-5-21-22(18)27-24-25-15-26-28(24)23(21)17-8-12-20(30-2)13-9-17/h6-15,23H,3-5H2,1-2H3,(H,25,26,27)/b18-14+. The third-order valence-corrected chi connectivity index (χ3v) is 7.29. The van der Waals surface area contributed by atoms with Crippen LogP contribution in [0.4, 0.5) is 5.95 Å². The van der Waals surface area contributed by atoms with Crippen LogP contribution in [0.2, 0.25) is 0 Å². The molecule has 1 aliphatic carbocycles. The van der Waals surface area contributed by atoms with Crippen LogP contribution in [0.25, 0.3) is 6.08 Å². The molecule has 2 heterocycles. The van der Waals surface area contributed by atoms with E-state index in [2.05, 4.69) is 82.5 Å². The maximum Gasteiger partial charge on any atom is 0.226 e. The van der Waals surface area contributed by atoms with Crippen molar-refractivity contribution < 1.29 is 0 Å². The molecule has 0 saturated heterocycles. The first kappa shape index (κ1) is 19.5. The molecule has 30 heavy (non-hydrogen) atoms. The molecular weight excluding hydrogens is 408 g/mol. The number of nitrogens with one attached hydrogen (secondary N) is 1. The first-order valence-electron chi connectivity index (χ1n) is 10.2. The van der Waals surface area contributed by atoms with E-state index in [9.17, 15) is 0 Å². The largest absolute Gasteiger partial charge is 0.324 e. The number of rotatable bonds is 4. The lowest BCUT2D eigenvalue weighted by Gasteiger charge is -2.34. The first-order chi connectivity index (χ1) is 14.8. The van der Waals surface area contributed by atoms with Gasteiger partial charge >= 0.3 is 0 Å². The summed E-state index contributed by atoms with van der Waals surface area (Å²) in [5.41, 5.74) is 6.50. The highest BCUT2D eigenvalue weighted by Crippen LogP contribution is 2.43. The Labute approximate surface area is 185 Å². The molecule has 6 heteroatoms. The third-order valence-electron chi connectivity index (χ3n) is 5.81. The fourth-order valence-electron chi connectivity index (χ4n) is 4.32. The molecule has 2 aromatic carbocycles. The second-order valence-corrected chi connectivity index (χ2v) is 9.28. The Morgan fingerprint density at radius 2 is 1.67 bits per heavy atom. The highest BCUT2D eigenvalue weighted by atomic mass is 32.2. The zero-order valence-electron chi connectivity index (χ0n) is 17.1. The van der Waals surface area contributed by atoms with Gasteiger partial charge < -0.3 is 5.32 Å². The molecule has 0 amide bonds. The van der Waals surface area contributed by atoms with Gasteiger partial charge in [0.1, 0.15) is 12.4 Å². The summed E-state index contributed by atoms with van der Waals surface area (Å²) in [4.78, 5) is 7.06. The van der Waals surface area contributed by atoms with Crippen molar-refractivity contribution >= 4 is 35.5 Å². The van der Waals surface area contributed by atoms with Crippen LogP contribution in [-0.2, 0) is 0 Å². The number of nitrogens with zero attached hydrogens (tertiary/aromatic N) is 3.